The van der Waals surface area contributed by atoms with E-state index in [1.165, 1.54) is 7.11 Å². The summed E-state index contributed by atoms with van der Waals surface area (Å²) in [5.74, 6) is -2.94. The molecule has 2 saturated heterocycles. The van der Waals surface area contributed by atoms with Gasteiger partial charge in [-0.15, -0.1) is 0 Å². The van der Waals surface area contributed by atoms with E-state index in [2.05, 4.69) is 10.5 Å². The molecule has 2 fully saturated rings. The van der Waals surface area contributed by atoms with Crippen LogP contribution in [-0.4, -0.2) is 67.0 Å². The molecule has 4 heterocycles. The van der Waals surface area contributed by atoms with Crippen LogP contribution in [0, 0.1) is 11.2 Å². The first-order valence-electron chi connectivity index (χ1n) is 11.6. The standard InChI is InChI=1S/C24H26FN3O7/c1-11-10-28-20-13(7-14-19(15(29)5-4-6-33-3)27-35-21(14)18(20)25)9-24(22(28)12(2)34-11)16(30)8-17(31)26-23(24)32/h7,11-12,22H,4-6,8-10H2,1-3H3,(H,26,31,32)/t11-,12+,22-,24?/m1/s1. The van der Waals surface area contributed by atoms with E-state index < -0.39 is 47.4 Å². The number of carbonyl (C=O) groups excluding carboxylic acids is 4. The molecule has 1 unspecified atom stereocenters. The Morgan fingerprint density at radius 2 is 2.11 bits per heavy atom. The summed E-state index contributed by atoms with van der Waals surface area (Å²) in [5.41, 5.74) is -1.23. The van der Waals surface area contributed by atoms with Crippen LogP contribution < -0.4 is 10.2 Å². The molecule has 1 N–H and O–H groups in total. The van der Waals surface area contributed by atoms with Crippen LogP contribution in [0.25, 0.3) is 11.0 Å². The summed E-state index contributed by atoms with van der Waals surface area (Å²) < 4.78 is 32.2. The Morgan fingerprint density at radius 1 is 1.34 bits per heavy atom. The summed E-state index contributed by atoms with van der Waals surface area (Å²) in [6.45, 7) is 4.16. The van der Waals surface area contributed by atoms with E-state index >= 15 is 4.39 Å². The maximum atomic E-state index is 16.0. The maximum absolute atomic E-state index is 16.0. The number of fused-ring (bicyclic) bond motifs is 5. The molecular formula is C24H26FN3O7. The Balaban J connectivity index is 1.68. The van der Waals surface area contributed by atoms with Gasteiger partial charge in [-0.2, -0.15) is 0 Å². The molecule has 11 heteroatoms. The summed E-state index contributed by atoms with van der Waals surface area (Å²) in [6, 6.07) is 0.755. The number of hydrogen-bond donors (Lipinski definition) is 1. The number of nitrogens with one attached hydrogen (secondary N) is 1. The number of anilines is 1. The molecule has 0 saturated carbocycles. The van der Waals surface area contributed by atoms with Gasteiger partial charge in [-0.1, -0.05) is 5.16 Å². The minimum Gasteiger partial charge on any atom is -0.385 e. The van der Waals surface area contributed by atoms with Gasteiger partial charge in [-0.25, -0.2) is 4.39 Å². The molecule has 3 aliphatic rings. The number of halogens is 1. The molecule has 0 radical (unpaired) electrons. The molecule has 5 rings (SSSR count). The van der Waals surface area contributed by atoms with E-state index in [9.17, 15) is 19.2 Å². The second kappa shape index (κ2) is 8.49. The molecule has 3 aliphatic heterocycles. The number of methoxy groups -OCH3 is 1. The lowest BCUT2D eigenvalue weighted by atomic mass is 9.63. The van der Waals surface area contributed by atoms with Crippen LogP contribution in [0.2, 0.25) is 0 Å². The van der Waals surface area contributed by atoms with Crippen molar-refractivity contribution in [3.8, 4) is 0 Å². The first-order chi connectivity index (χ1) is 16.7. The number of rotatable bonds is 5. The van der Waals surface area contributed by atoms with Crippen LogP contribution >= 0.6 is 0 Å². The highest BCUT2D eigenvalue weighted by Crippen LogP contribution is 2.50. The van der Waals surface area contributed by atoms with Crippen LogP contribution in [0.5, 0.6) is 0 Å². The Bertz CT molecular complexity index is 1240. The molecule has 4 atom stereocenters. The van der Waals surface area contributed by atoms with Gasteiger partial charge >= 0.3 is 0 Å². The third-order valence-corrected chi connectivity index (χ3v) is 7.19. The summed E-state index contributed by atoms with van der Waals surface area (Å²) >= 11 is 0. The van der Waals surface area contributed by atoms with Crippen LogP contribution in [0.15, 0.2) is 10.6 Å². The summed E-state index contributed by atoms with van der Waals surface area (Å²) in [4.78, 5) is 53.0. The third kappa shape index (κ3) is 3.48. The lowest BCUT2D eigenvalue weighted by molar-refractivity contribution is -0.158. The number of nitrogens with zero attached hydrogens (tertiary/aromatic N) is 2. The lowest BCUT2D eigenvalue weighted by Crippen LogP contribution is -2.72. The molecule has 10 nitrogen and oxygen atoms in total. The van der Waals surface area contributed by atoms with Gasteiger partial charge in [0.25, 0.3) is 0 Å². The van der Waals surface area contributed by atoms with Crippen molar-refractivity contribution in [1.29, 1.82) is 0 Å². The van der Waals surface area contributed by atoms with Gasteiger partial charge in [-0.3, -0.25) is 24.5 Å². The molecule has 35 heavy (non-hydrogen) atoms. The fourth-order valence-electron chi connectivity index (χ4n) is 5.84. The van der Waals surface area contributed by atoms with Crippen molar-refractivity contribution >= 4 is 40.0 Å². The van der Waals surface area contributed by atoms with Crippen LogP contribution in [0.1, 0.15) is 49.2 Å². The van der Waals surface area contributed by atoms with Gasteiger partial charge < -0.3 is 18.9 Å². The minimum atomic E-state index is -1.64. The Kier molecular flexibility index (Phi) is 5.71. The zero-order valence-corrected chi connectivity index (χ0v) is 19.7. The molecular weight excluding hydrogens is 461 g/mol. The number of hydrogen-bond acceptors (Lipinski definition) is 9. The number of benzene rings is 1. The number of piperidine rings is 1. The van der Waals surface area contributed by atoms with Crippen molar-refractivity contribution in [1.82, 2.24) is 10.5 Å². The molecule has 0 aliphatic carbocycles. The van der Waals surface area contributed by atoms with E-state index in [0.717, 1.165) is 0 Å². The van der Waals surface area contributed by atoms with Crippen molar-refractivity contribution in [2.75, 3.05) is 25.2 Å². The van der Waals surface area contributed by atoms with E-state index in [1.54, 1.807) is 17.9 Å². The second-order valence-corrected chi connectivity index (χ2v) is 9.50. The molecule has 1 spiro atoms. The van der Waals surface area contributed by atoms with E-state index in [1.807, 2.05) is 6.92 Å². The van der Waals surface area contributed by atoms with E-state index in [-0.39, 0.29) is 53.6 Å². The number of ketones is 2. The number of amides is 2. The molecule has 2 amide bonds. The molecule has 1 aromatic heterocycles. The van der Waals surface area contributed by atoms with Crippen LogP contribution in [0.4, 0.5) is 10.1 Å². The van der Waals surface area contributed by atoms with Crippen molar-refractivity contribution < 1.29 is 37.6 Å². The number of aromatic nitrogens is 1. The zero-order chi connectivity index (χ0) is 25.1. The third-order valence-electron chi connectivity index (χ3n) is 7.19. The van der Waals surface area contributed by atoms with Gasteiger partial charge in [0.05, 0.1) is 35.7 Å². The number of morpholine rings is 1. The predicted octanol–water partition coefficient (Wildman–Crippen LogP) is 1.72. The normalized spacial score (nSPS) is 28.3. The SMILES string of the molecule is COCCCC(=O)c1noc2c(F)c3c(cc12)CC1(C(=O)CC(=O)NC1=O)[C@H]1[C@H](C)O[C@H](C)CN31. The van der Waals surface area contributed by atoms with Crippen molar-refractivity contribution in [3.63, 3.8) is 0 Å². The Morgan fingerprint density at radius 3 is 2.83 bits per heavy atom. The first kappa shape index (κ1) is 23.6. The molecule has 1 aromatic carbocycles. The maximum Gasteiger partial charge on any atom is 0.242 e. The van der Waals surface area contributed by atoms with Crippen molar-refractivity contribution in [2.24, 2.45) is 5.41 Å². The smallest absolute Gasteiger partial charge is 0.242 e. The van der Waals surface area contributed by atoms with Crippen LogP contribution in [0.3, 0.4) is 0 Å². The number of imide groups is 1. The number of Topliss-reactive ketones (excluding diaryl/α,β-unsaturated/α-hetero) is 2. The number of ether oxygens (including phenoxy) is 2. The van der Waals surface area contributed by atoms with E-state index in [0.29, 0.717) is 18.6 Å². The predicted molar refractivity (Wildman–Crippen MR) is 119 cm³/mol. The van der Waals surface area contributed by atoms with Gasteiger partial charge in [0.1, 0.15) is 5.41 Å². The van der Waals surface area contributed by atoms with Gasteiger partial charge in [-0.05, 0) is 38.3 Å². The zero-order valence-electron chi connectivity index (χ0n) is 19.7. The minimum absolute atomic E-state index is 0.00714. The van der Waals surface area contributed by atoms with E-state index in [4.69, 9.17) is 14.0 Å². The average molecular weight is 487 g/mol. The van der Waals surface area contributed by atoms with Gasteiger partial charge in [0.2, 0.25) is 17.4 Å². The lowest BCUT2D eigenvalue weighted by Gasteiger charge is -2.55. The summed E-state index contributed by atoms with van der Waals surface area (Å²) in [7, 11) is 1.53. The quantitative estimate of drug-likeness (QED) is 0.290. The molecule has 2 aromatic rings. The summed E-state index contributed by atoms with van der Waals surface area (Å²) in [5, 5.41) is 6.33. The van der Waals surface area contributed by atoms with Crippen LogP contribution in [-0.2, 0) is 30.3 Å². The topological polar surface area (TPSA) is 128 Å². The highest BCUT2D eigenvalue weighted by atomic mass is 19.1. The van der Waals surface area contributed by atoms with Crippen molar-refractivity contribution in [3.05, 3.63) is 23.1 Å². The largest absolute Gasteiger partial charge is 0.385 e. The van der Waals surface area contributed by atoms with Crippen molar-refractivity contribution in [2.45, 2.75) is 57.8 Å². The molecule has 0 bridgehead atoms. The molecule has 186 valence electrons. The van der Waals surface area contributed by atoms with Gasteiger partial charge in [0, 0.05) is 26.7 Å². The monoisotopic (exact) mass is 487 g/mol. The second-order valence-electron chi connectivity index (χ2n) is 9.50. The summed E-state index contributed by atoms with van der Waals surface area (Å²) in [6.07, 6.45) is -0.892. The van der Waals surface area contributed by atoms with Gasteiger partial charge in [0.15, 0.2) is 23.1 Å². The average Bonchev–Trinajstić information content (AvgIpc) is 3.21. The Labute approximate surface area is 200 Å². The highest BCUT2D eigenvalue weighted by molar-refractivity contribution is 6.22. The Hall–Kier alpha value is -3.18. The fraction of sp³-hybridized carbons (Fsp3) is 0.542. The highest BCUT2D eigenvalue weighted by Gasteiger charge is 2.62. The fourth-order valence-corrected chi connectivity index (χ4v) is 5.84. The number of carbonyl (C=O) groups is 4. The first-order valence-corrected chi connectivity index (χ1v) is 11.6.